The number of esters is 1. The van der Waals surface area contributed by atoms with Gasteiger partial charge in [-0.05, 0) is 38.2 Å². The number of likely N-dealkylation sites (N-methyl/N-ethyl adjacent to an activating group) is 2. The van der Waals surface area contributed by atoms with Crippen LogP contribution < -0.4 is 5.32 Å². The van der Waals surface area contributed by atoms with Crippen LogP contribution in [0.2, 0.25) is 0 Å². The number of hydrogen-bond donors (Lipinski definition) is 1. The van der Waals surface area contributed by atoms with E-state index < -0.39 is 5.97 Å². The van der Waals surface area contributed by atoms with Crippen LogP contribution in [-0.2, 0) is 4.74 Å². The van der Waals surface area contributed by atoms with Crippen molar-refractivity contribution in [2.75, 3.05) is 45.2 Å². The van der Waals surface area contributed by atoms with Crippen LogP contribution in [0.3, 0.4) is 0 Å². The van der Waals surface area contributed by atoms with E-state index >= 15 is 0 Å². The molecule has 1 N–H and O–H groups in total. The molecule has 0 aliphatic heterocycles. The minimum absolute atomic E-state index is 0.165. The highest BCUT2D eigenvalue weighted by molar-refractivity contribution is 5.93. The van der Waals surface area contributed by atoms with Crippen LogP contribution in [-0.4, -0.2) is 61.6 Å². The van der Waals surface area contributed by atoms with Gasteiger partial charge >= 0.3 is 12.0 Å². The largest absolute Gasteiger partial charge is 0.465 e. The smallest absolute Gasteiger partial charge is 0.337 e. The third kappa shape index (κ3) is 5.90. The summed E-state index contributed by atoms with van der Waals surface area (Å²) in [6, 6.07) is 6.57. The van der Waals surface area contributed by atoms with Crippen molar-refractivity contribution in [2.45, 2.75) is 20.8 Å². The fraction of sp³-hybridized carbons (Fsp3) is 0.529. The first-order valence-electron chi connectivity index (χ1n) is 8.02. The summed E-state index contributed by atoms with van der Waals surface area (Å²) >= 11 is 0. The number of ether oxygens (including phenoxy) is 1. The van der Waals surface area contributed by atoms with Gasteiger partial charge in [0.1, 0.15) is 0 Å². The van der Waals surface area contributed by atoms with Crippen molar-refractivity contribution in [1.82, 2.24) is 9.80 Å². The Morgan fingerprint density at radius 3 is 2.35 bits per heavy atom. The fourth-order valence-electron chi connectivity index (χ4n) is 2.25. The molecule has 0 atom stereocenters. The lowest BCUT2D eigenvalue weighted by atomic mass is 10.2. The van der Waals surface area contributed by atoms with Gasteiger partial charge in [0.15, 0.2) is 0 Å². The van der Waals surface area contributed by atoms with E-state index in [4.69, 9.17) is 0 Å². The van der Waals surface area contributed by atoms with Crippen molar-refractivity contribution in [1.29, 1.82) is 0 Å². The van der Waals surface area contributed by atoms with E-state index in [1.54, 1.807) is 29.2 Å². The molecule has 1 rings (SSSR count). The van der Waals surface area contributed by atoms with Crippen molar-refractivity contribution in [3.63, 3.8) is 0 Å². The highest BCUT2D eigenvalue weighted by Crippen LogP contribution is 2.12. The topological polar surface area (TPSA) is 61.9 Å². The molecule has 128 valence electrons. The average Bonchev–Trinajstić information content (AvgIpc) is 2.58. The molecule has 2 amide bonds. The molecule has 0 fully saturated rings. The van der Waals surface area contributed by atoms with Crippen molar-refractivity contribution < 1.29 is 14.3 Å². The monoisotopic (exact) mass is 321 g/mol. The number of hydrogen-bond acceptors (Lipinski definition) is 4. The number of benzene rings is 1. The molecule has 0 aliphatic rings. The van der Waals surface area contributed by atoms with E-state index in [0.717, 1.165) is 19.6 Å². The Bertz CT molecular complexity index is 516. The van der Waals surface area contributed by atoms with Crippen LogP contribution in [0.15, 0.2) is 24.3 Å². The second-order valence-corrected chi connectivity index (χ2v) is 5.11. The van der Waals surface area contributed by atoms with Crippen molar-refractivity contribution in [3.05, 3.63) is 29.8 Å². The molecule has 0 saturated carbocycles. The zero-order valence-corrected chi connectivity index (χ0v) is 14.5. The van der Waals surface area contributed by atoms with E-state index in [-0.39, 0.29) is 6.03 Å². The minimum atomic E-state index is -0.421. The third-order valence-corrected chi connectivity index (χ3v) is 3.78. The van der Waals surface area contributed by atoms with Gasteiger partial charge in [-0.15, -0.1) is 0 Å². The summed E-state index contributed by atoms with van der Waals surface area (Å²) in [5.74, 6) is -0.421. The number of methoxy groups -OCH3 is 1. The quantitative estimate of drug-likeness (QED) is 0.748. The van der Waals surface area contributed by atoms with Crippen LogP contribution in [0.25, 0.3) is 0 Å². The molecule has 23 heavy (non-hydrogen) atoms. The summed E-state index contributed by atoms with van der Waals surface area (Å²) in [7, 11) is 1.33. The standard InChI is InChI=1S/C17H27N3O3/c1-5-19(6-2)11-12-20(7-3)17(22)18-15-10-8-9-14(13-15)16(21)23-4/h8-10,13H,5-7,11-12H2,1-4H3,(H,18,22). The molecule has 0 saturated heterocycles. The van der Waals surface area contributed by atoms with E-state index in [0.29, 0.717) is 24.3 Å². The van der Waals surface area contributed by atoms with Gasteiger partial charge in [-0.25, -0.2) is 9.59 Å². The van der Waals surface area contributed by atoms with E-state index in [2.05, 4.69) is 28.8 Å². The van der Waals surface area contributed by atoms with Gasteiger partial charge in [-0.2, -0.15) is 0 Å². The van der Waals surface area contributed by atoms with Gasteiger partial charge in [0.2, 0.25) is 0 Å². The number of carbonyl (C=O) groups excluding carboxylic acids is 2. The average molecular weight is 321 g/mol. The first-order chi connectivity index (χ1) is 11.0. The predicted molar refractivity (Wildman–Crippen MR) is 91.8 cm³/mol. The fourth-order valence-corrected chi connectivity index (χ4v) is 2.25. The van der Waals surface area contributed by atoms with Gasteiger partial charge in [0.25, 0.3) is 0 Å². The van der Waals surface area contributed by atoms with E-state index in [9.17, 15) is 9.59 Å². The summed E-state index contributed by atoms with van der Waals surface area (Å²) in [6.45, 7) is 10.2. The van der Waals surface area contributed by atoms with Gasteiger partial charge in [0, 0.05) is 25.3 Å². The van der Waals surface area contributed by atoms with Crippen LogP contribution in [0.5, 0.6) is 0 Å². The van der Waals surface area contributed by atoms with Crippen molar-refractivity contribution >= 4 is 17.7 Å². The molecule has 6 nitrogen and oxygen atoms in total. The maximum atomic E-state index is 12.4. The summed E-state index contributed by atoms with van der Waals surface area (Å²) in [5.41, 5.74) is 0.996. The lowest BCUT2D eigenvalue weighted by molar-refractivity contribution is 0.0600. The van der Waals surface area contributed by atoms with Crippen LogP contribution in [0.1, 0.15) is 31.1 Å². The third-order valence-electron chi connectivity index (χ3n) is 3.78. The first kappa shape index (κ1) is 19.0. The van der Waals surface area contributed by atoms with Gasteiger partial charge in [-0.3, -0.25) is 0 Å². The molecule has 0 aromatic heterocycles. The molecule has 6 heteroatoms. The highest BCUT2D eigenvalue weighted by atomic mass is 16.5. The molecular weight excluding hydrogens is 294 g/mol. The Morgan fingerprint density at radius 2 is 1.78 bits per heavy atom. The number of anilines is 1. The summed E-state index contributed by atoms with van der Waals surface area (Å²) in [5, 5.41) is 2.83. The SMILES string of the molecule is CCN(CC)CCN(CC)C(=O)Nc1cccc(C(=O)OC)c1. The molecule has 0 aliphatic carbocycles. The number of urea groups is 1. The van der Waals surface area contributed by atoms with Gasteiger partial charge in [0.05, 0.1) is 12.7 Å². The summed E-state index contributed by atoms with van der Waals surface area (Å²) in [4.78, 5) is 27.9. The highest BCUT2D eigenvalue weighted by Gasteiger charge is 2.14. The van der Waals surface area contributed by atoms with Gasteiger partial charge < -0.3 is 19.9 Å². The lowest BCUT2D eigenvalue weighted by Gasteiger charge is -2.25. The maximum absolute atomic E-state index is 12.4. The molecule has 0 unspecified atom stereocenters. The second-order valence-electron chi connectivity index (χ2n) is 5.11. The summed E-state index contributed by atoms with van der Waals surface area (Å²) < 4.78 is 4.69. The molecule has 0 heterocycles. The first-order valence-corrected chi connectivity index (χ1v) is 8.02. The zero-order valence-electron chi connectivity index (χ0n) is 14.5. The molecule has 0 radical (unpaired) electrons. The number of nitrogens with zero attached hydrogens (tertiary/aromatic N) is 2. The Labute approximate surface area is 138 Å². The van der Waals surface area contributed by atoms with Crippen molar-refractivity contribution in [3.8, 4) is 0 Å². The normalized spacial score (nSPS) is 10.5. The van der Waals surface area contributed by atoms with Gasteiger partial charge in [-0.1, -0.05) is 19.9 Å². The van der Waals surface area contributed by atoms with Crippen LogP contribution in [0.4, 0.5) is 10.5 Å². The molecule has 1 aromatic carbocycles. The second kappa shape index (κ2) is 9.84. The molecule has 0 bridgehead atoms. The van der Waals surface area contributed by atoms with Crippen LogP contribution >= 0.6 is 0 Å². The van der Waals surface area contributed by atoms with E-state index in [1.165, 1.54) is 7.11 Å². The predicted octanol–water partition coefficient (Wildman–Crippen LogP) is 2.67. The van der Waals surface area contributed by atoms with Crippen LogP contribution in [0, 0.1) is 0 Å². The van der Waals surface area contributed by atoms with Crippen molar-refractivity contribution in [2.24, 2.45) is 0 Å². The lowest BCUT2D eigenvalue weighted by Crippen LogP contribution is -2.40. The summed E-state index contributed by atoms with van der Waals surface area (Å²) in [6.07, 6.45) is 0. The zero-order chi connectivity index (χ0) is 17.2. The minimum Gasteiger partial charge on any atom is -0.465 e. The number of carbonyl (C=O) groups is 2. The Balaban J connectivity index is 2.67. The maximum Gasteiger partial charge on any atom is 0.337 e. The van der Waals surface area contributed by atoms with E-state index in [1.807, 2.05) is 6.92 Å². The molecule has 0 spiro atoms. The number of rotatable bonds is 8. The number of amides is 2. The Kier molecular flexibility index (Phi) is 8.11. The number of nitrogens with one attached hydrogen (secondary N) is 1. The Morgan fingerprint density at radius 1 is 1.09 bits per heavy atom. The molecule has 1 aromatic rings. The Hall–Kier alpha value is -2.08. The molecular formula is C17H27N3O3.